The van der Waals surface area contributed by atoms with Crippen molar-refractivity contribution in [2.75, 3.05) is 5.32 Å². The molecule has 0 saturated heterocycles. The molecule has 11 heavy (non-hydrogen) atoms. The topological polar surface area (TPSA) is 37.8 Å². The van der Waals surface area contributed by atoms with Crippen LogP contribution < -0.4 is 5.32 Å². The summed E-state index contributed by atoms with van der Waals surface area (Å²) in [5.41, 5.74) is 3.28. The minimum Gasteiger partial charge on any atom is -0.321 e. The van der Waals surface area contributed by atoms with Gasteiger partial charge in [0, 0.05) is 11.4 Å². The first-order valence-electron chi connectivity index (χ1n) is 3.25. The number of anilines is 1. The fourth-order valence-electron chi connectivity index (χ4n) is 0.843. The molecular formula is C7H9N3S. The maximum atomic E-state index is 4.60. The molecule has 0 radical (unpaired) electrons. The third-order valence-corrected chi connectivity index (χ3v) is 1.29. The van der Waals surface area contributed by atoms with E-state index in [0.717, 1.165) is 11.4 Å². The number of thiocarbonyl (C=S) groups is 1. The number of nitrogens with zero attached hydrogens (tertiary/aromatic N) is 2. The fourth-order valence-corrected chi connectivity index (χ4v) is 0.949. The van der Waals surface area contributed by atoms with Gasteiger partial charge < -0.3 is 5.32 Å². The normalized spacial score (nSPS) is 9.27. The van der Waals surface area contributed by atoms with Gasteiger partial charge in [0.15, 0.2) is 0 Å². The molecule has 0 atom stereocenters. The lowest BCUT2D eigenvalue weighted by Gasteiger charge is -1.99. The van der Waals surface area contributed by atoms with Gasteiger partial charge in [-0.15, -0.1) is 0 Å². The molecule has 0 amide bonds. The van der Waals surface area contributed by atoms with Gasteiger partial charge in [-0.05, 0) is 19.9 Å². The van der Waals surface area contributed by atoms with Crippen LogP contribution in [0, 0.1) is 13.8 Å². The Morgan fingerprint density at radius 1 is 1.36 bits per heavy atom. The smallest absolute Gasteiger partial charge is 0.227 e. The van der Waals surface area contributed by atoms with Crippen LogP contribution in [0.25, 0.3) is 0 Å². The molecule has 0 aliphatic rings. The summed E-state index contributed by atoms with van der Waals surface area (Å²) in [6.07, 6.45) is 0. The predicted octanol–water partition coefficient (Wildman–Crippen LogP) is 1.46. The summed E-state index contributed by atoms with van der Waals surface area (Å²) < 4.78 is 0. The fraction of sp³-hybridized carbons (Fsp3) is 0.286. The highest BCUT2D eigenvalue weighted by Gasteiger charge is 1.94. The monoisotopic (exact) mass is 167 g/mol. The Morgan fingerprint density at radius 2 is 1.91 bits per heavy atom. The molecular weight excluding hydrogens is 158 g/mol. The SMILES string of the molecule is Cc1cc(C)nc(NC=S)n1. The first-order valence-corrected chi connectivity index (χ1v) is 3.72. The molecule has 0 unspecified atom stereocenters. The second-order valence-corrected chi connectivity index (χ2v) is 2.47. The highest BCUT2D eigenvalue weighted by atomic mass is 32.1. The van der Waals surface area contributed by atoms with Gasteiger partial charge >= 0.3 is 0 Å². The van der Waals surface area contributed by atoms with Crippen LogP contribution in [0.15, 0.2) is 6.07 Å². The molecule has 1 heterocycles. The lowest BCUT2D eigenvalue weighted by Crippen LogP contribution is -2.00. The van der Waals surface area contributed by atoms with Gasteiger partial charge in [0.05, 0.1) is 5.49 Å². The van der Waals surface area contributed by atoms with Crippen LogP contribution in [0.5, 0.6) is 0 Å². The van der Waals surface area contributed by atoms with Crippen molar-refractivity contribution in [2.24, 2.45) is 0 Å². The Morgan fingerprint density at radius 3 is 2.36 bits per heavy atom. The maximum absolute atomic E-state index is 4.60. The van der Waals surface area contributed by atoms with Crippen molar-refractivity contribution in [3.63, 3.8) is 0 Å². The highest BCUT2D eigenvalue weighted by Crippen LogP contribution is 2.01. The van der Waals surface area contributed by atoms with Crippen molar-refractivity contribution in [2.45, 2.75) is 13.8 Å². The van der Waals surface area contributed by atoms with Crippen molar-refractivity contribution in [1.29, 1.82) is 0 Å². The molecule has 1 N–H and O–H groups in total. The highest BCUT2D eigenvalue weighted by molar-refractivity contribution is 7.79. The zero-order valence-electron chi connectivity index (χ0n) is 6.46. The van der Waals surface area contributed by atoms with Gasteiger partial charge in [-0.2, -0.15) is 0 Å². The molecule has 58 valence electrons. The molecule has 3 nitrogen and oxygen atoms in total. The molecule has 0 aliphatic carbocycles. The third kappa shape index (κ3) is 2.23. The van der Waals surface area contributed by atoms with E-state index in [0.29, 0.717) is 5.95 Å². The number of nitrogens with one attached hydrogen (secondary N) is 1. The molecule has 4 heteroatoms. The van der Waals surface area contributed by atoms with E-state index in [2.05, 4.69) is 27.5 Å². The Bertz CT molecular complexity index is 252. The molecule has 0 bridgehead atoms. The third-order valence-electron chi connectivity index (χ3n) is 1.17. The van der Waals surface area contributed by atoms with E-state index >= 15 is 0 Å². The van der Waals surface area contributed by atoms with Crippen molar-refractivity contribution in [3.8, 4) is 0 Å². The first-order chi connectivity index (χ1) is 5.22. The average Bonchev–Trinajstić information content (AvgIpc) is 1.85. The molecule has 1 aromatic rings. The molecule has 0 aromatic carbocycles. The van der Waals surface area contributed by atoms with E-state index in [-0.39, 0.29) is 0 Å². The Kier molecular flexibility index (Phi) is 2.48. The van der Waals surface area contributed by atoms with Gasteiger partial charge in [-0.25, -0.2) is 9.97 Å². The minimum atomic E-state index is 0.567. The second-order valence-electron chi connectivity index (χ2n) is 2.24. The van der Waals surface area contributed by atoms with E-state index < -0.39 is 0 Å². The lowest BCUT2D eigenvalue weighted by atomic mass is 10.4. The van der Waals surface area contributed by atoms with Gasteiger partial charge in [-0.1, -0.05) is 12.2 Å². The number of hydrogen-bond acceptors (Lipinski definition) is 3. The van der Waals surface area contributed by atoms with Gasteiger partial charge in [0.25, 0.3) is 0 Å². The second kappa shape index (κ2) is 3.39. The van der Waals surface area contributed by atoms with Gasteiger partial charge in [-0.3, -0.25) is 0 Å². The zero-order chi connectivity index (χ0) is 8.27. The Hall–Kier alpha value is -1.03. The Labute approximate surface area is 70.9 Å². The van der Waals surface area contributed by atoms with Crippen LogP contribution in [-0.4, -0.2) is 15.5 Å². The van der Waals surface area contributed by atoms with Crippen LogP contribution in [-0.2, 0) is 0 Å². The molecule has 0 saturated carbocycles. The number of rotatable bonds is 2. The number of aryl methyl sites for hydroxylation is 2. The number of hydrogen-bond donors (Lipinski definition) is 1. The summed E-state index contributed by atoms with van der Waals surface area (Å²) in [4.78, 5) is 8.21. The molecule has 0 fully saturated rings. The van der Waals surface area contributed by atoms with Crippen molar-refractivity contribution >= 4 is 23.7 Å². The van der Waals surface area contributed by atoms with E-state index in [4.69, 9.17) is 0 Å². The molecule has 0 aliphatic heterocycles. The Balaban J connectivity index is 2.98. The van der Waals surface area contributed by atoms with E-state index in [9.17, 15) is 0 Å². The average molecular weight is 167 g/mol. The molecule has 0 spiro atoms. The van der Waals surface area contributed by atoms with Crippen LogP contribution in [0.2, 0.25) is 0 Å². The van der Waals surface area contributed by atoms with E-state index in [1.165, 1.54) is 5.49 Å². The van der Waals surface area contributed by atoms with Crippen LogP contribution in [0.3, 0.4) is 0 Å². The first kappa shape index (κ1) is 8.07. The quantitative estimate of drug-likeness (QED) is 0.677. The predicted molar refractivity (Wildman–Crippen MR) is 48.8 cm³/mol. The summed E-state index contributed by atoms with van der Waals surface area (Å²) in [5.74, 6) is 0.567. The largest absolute Gasteiger partial charge is 0.321 e. The van der Waals surface area contributed by atoms with E-state index in [1.54, 1.807) is 0 Å². The minimum absolute atomic E-state index is 0.567. The molecule has 1 aromatic heterocycles. The van der Waals surface area contributed by atoms with E-state index in [1.807, 2.05) is 19.9 Å². The zero-order valence-corrected chi connectivity index (χ0v) is 7.27. The summed E-state index contributed by atoms with van der Waals surface area (Å²) in [5, 5.41) is 2.76. The van der Waals surface area contributed by atoms with Gasteiger partial charge in [0.2, 0.25) is 5.95 Å². The summed E-state index contributed by atoms with van der Waals surface area (Å²) in [6.45, 7) is 3.84. The summed E-state index contributed by atoms with van der Waals surface area (Å²) in [7, 11) is 0. The van der Waals surface area contributed by atoms with Crippen LogP contribution in [0.4, 0.5) is 5.95 Å². The van der Waals surface area contributed by atoms with Crippen molar-refractivity contribution < 1.29 is 0 Å². The van der Waals surface area contributed by atoms with Crippen molar-refractivity contribution in [1.82, 2.24) is 9.97 Å². The summed E-state index contributed by atoms with van der Waals surface area (Å²) >= 11 is 4.60. The van der Waals surface area contributed by atoms with Crippen LogP contribution in [0.1, 0.15) is 11.4 Å². The van der Waals surface area contributed by atoms with Gasteiger partial charge in [0.1, 0.15) is 0 Å². The lowest BCUT2D eigenvalue weighted by molar-refractivity contribution is 1.07. The summed E-state index contributed by atoms with van der Waals surface area (Å²) in [6, 6.07) is 1.91. The van der Waals surface area contributed by atoms with Crippen LogP contribution >= 0.6 is 12.2 Å². The maximum Gasteiger partial charge on any atom is 0.227 e. The number of aromatic nitrogens is 2. The molecule has 1 rings (SSSR count). The van der Waals surface area contributed by atoms with Crippen molar-refractivity contribution in [3.05, 3.63) is 17.5 Å². The standard InChI is InChI=1S/C7H9N3S/c1-5-3-6(2)10-7(9-5)8-4-11/h3-4H,1-2H3,(H,8,9,10,11).